The van der Waals surface area contributed by atoms with Crippen LogP contribution in [-0.2, 0) is 0 Å². The zero-order valence-electron chi connectivity index (χ0n) is 4.75. The smallest absolute Gasteiger partial charge is 0.234 e. The Kier molecular flexibility index (Phi) is 1.42. The van der Waals surface area contributed by atoms with Crippen LogP contribution in [0.3, 0.4) is 0 Å². The van der Waals surface area contributed by atoms with Crippen molar-refractivity contribution in [3.63, 3.8) is 0 Å². The highest BCUT2D eigenvalue weighted by Gasteiger charge is 2.62. The Labute approximate surface area is 54.0 Å². The van der Waals surface area contributed by atoms with E-state index in [4.69, 9.17) is 0 Å². The molecule has 0 heterocycles. The van der Waals surface area contributed by atoms with Crippen molar-refractivity contribution in [1.82, 2.24) is 0 Å². The zero-order chi connectivity index (χ0) is 7.99. The molecule has 0 N–H and O–H groups in total. The summed E-state index contributed by atoms with van der Waals surface area (Å²) in [7, 11) is 0. The van der Waals surface area contributed by atoms with E-state index in [0.29, 0.717) is 0 Å². The first-order valence-electron chi connectivity index (χ1n) is 2.60. The van der Waals surface area contributed by atoms with E-state index in [1.165, 1.54) is 0 Å². The molecule has 0 aromatic heterocycles. The Morgan fingerprint density at radius 2 is 1.70 bits per heavy atom. The fraction of sp³-hybridized carbons (Fsp3) is 0.800. The standard InChI is InChI=1S/C5H4F5/c6-3-4(7,8)1-2-5(3,9)10/h1,3H,2H2. The van der Waals surface area contributed by atoms with Crippen LogP contribution in [0, 0.1) is 6.42 Å². The van der Waals surface area contributed by atoms with Crippen molar-refractivity contribution in [3.05, 3.63) is 6.42 Å². The van der Waals surface area contributed by atoms with Gasteiger partial charge in [0.25, 0.3) is 11.8 Å². The Balaban J connectivity index is 2.77. The second-order valence-electron chi connectivity index (χ2n) is 2.21. The molecule has 1 radical (unpaired) electrons. The molecule has 1 fully saturated rings. The van der Waals surface area contributed by atoms with Gasteiger partial charge < -0.3 is 0 Å². The van der Waals surface area contributed by atoms with Crippen molar-refractivity contribution < 1.29 is 22.0 Å². The van der Waals surface area contributed by atoms with Crippen LogP contribution in [0.5, 0.6) is 0 Å². The lowest BCUT2D eigenvalue weighted by atomic mass is 10.2. The molecule has 0 saturated heterocycles. The van der Waals surface area contributed by atoms with Crippen molar-refractivity contribution in [1.29, 1.82) is 0 Å². The summed E-state index contributed by atoms with van der Waals surface area (Å²) >= 11 is 0. The van der Waals surface area contributed by atoms with Gasteiger partial charge in [-0.2, -0.15) is 0 Å². The van der Waals surface area contributed by atoms with Gasteiger partial charge >= 0.3 is 0 Å². The quantitative estimate of drug-likeness (QED) is 0.475. The molecule has 1 unspecified atom stereocenters. The topological polar surface area (TPSA) is 0 Å². The number of hydrogen-bond donors (Lipinski definition) is 0. The largest absolute Gasteiger partial charge is 0.288 e. The Hall–Kier alpha value is -0.350. The zero-order valence-corrected chi connectivity index (χ0v) is 4.75. The van der Waals surface area contributed by atoms with Gasteiger partial charge in [-0.05, 0) is 0 Å². The first-order chi connectivity index (χ1) is 4.36. The monoisotopic (exact) mass is 159 g/mol. The average molecular weight is 159 g/mol. The predicted molar refractivity (Wildman–Crippen MR) is 23.7 cm³/mol. The first kappa shape index (κ1) is 7.75. The minimum atomic E-state index is -3.95. The van der Waals surface area contributed by atoms with Crippen LogP contribution in [0.15, 0.2) is 0 Å². The summed E-state index contributed by atoms with van der Waals surface area (Å²) < 4.78 is 59.7. The van der Waals surface area contributed by atoms with Crippen molar-refractivity contribution >= 4 is 0 Å². The maximum Gasteiger partial charge on any atom is 0.288 e. The van der Waals surface area contributed by atoms with Gasteiger partial charge in [-0.3, -0.25) is 0 Å². The maximum absolute atomic E-state index is 11.9. The summed E-state index contributed by atoms with van der Waals surface area (Å²) in [5, 5.41) is 0. The lowest BCUT2D eigenvalue weighted by molar-refractivity contribution is -0.124. The van der Waals surface area contributed by atoms with Gasteiger partial charge in [0.1, 0.15) is 0 Å². The van der Waals surface area contributed by atoms with Gasteiger partial charge in [-0.15, -0.1) is 0 Å². The van der Waals surface area contributed by atoms with Crippen LogP contribution in [0.4, 0.5) is 22.0 Å². The van der Waals surface area contributed by atoms with Crippen molar-refractivity contribution in [2.75, 3.05) is 0 Å². The van der Waals surface area contributed by atoms with Crippen molar-refractivity contribution in [2.24, 2.45) is 0 Å². The van der Waals surface area contributed by atoms with Gasteiger partial charge in [0, 0.05) is 12.8 Å². The third kappa shape index (κ3) is 0.973. The van der Waals surface area contributed by atoms with Gasteiger partial charge in [0.15, 0.2) is 0 Å². The van der Waals surface area contributed by atoms with Crippen LogP contribution in [0.2, 0.25) is 0 Å². The van der Waals surface area contributed by atoms with Crippen LogP contribution in [-0.4, -0.2) is 18.0 Å². The molecule has 1 saturated carbocycles. The predicted octanol–water partition coefficient (Wildman–Crippen LogP) is 2.20. The van der Waals surface area contributed by atoms with Crippen LogP contribution in [0.25, 0.3) is 0 Å². The number of hydrogen-bond acceptors (Lipinski definition) is 0. The van der Waals surface area contributed by atoms with E-state index in [9.17, 15) is 22.0 Å². The van der Waals surface area contributed by atoms with Gasteiger partial charge in [0.05, 0.1) is 0 Å². The maximum atomic E-state index is 11.9. The molecule has 10 heavy (non-hydrogen) atoms. The Bertz CT molecular complexity index is 125. The summed E-state index contributed by atoms with van der Waals surface area (Å²) in [6.45, 7) is 0. The minimum Gasteiger partial charge on any atom is -0.234 e. The lowest BCUT2D eigenvalue weighted by Gasteiger charge is -2.14. The summed E-state index contributed by atoms with van der Waals surface area (Å²) in [5.74, 6) is -7.84. The molecule has 59 valence electrons. The van der Waals surface area contributed by atoms with E-state index in [1.807, 2.05) is 0 Å². The third-order valence-corrected chi connectivity index (χ3v) is 1.36. The van der Waals surface area contributed by atoms with E-state index in [-0.39, 0.29) is 6.42 Å². The molecule has 5 heteroatoms. The number of alkyl halides is 5. The minimum absolute atomic E-state index is 0.0116. The molecule has 1 atom stereocenters. The fourth-order valence-electron chi connectivity index (χ4n) is 0.761. The van der Waals surface area contributed by atoms with Crippen molar-refractivity contribution in [2.45, 2.75) is 24.4 Å². The van der Waals surface area contributed by atoms with Crippen LogP contribution in [0.1, 0.15) is 6.42 Å². The van der Waals surface area contributed by atoms with E-state index in [1.54, 1.807) is 0 Å². The summed E-state index contributed by atoms with van der Waals surface area (Å²) in [4.78, 5) is 0. The second-order valence-corrected chi connectivity index (χ2v) is 2.21. The normalized spacial score (nSPS) is 30.9. The Morgan fingerprint density at radius 1 is 1.20 bits per heavy atom. The molecule has 0 aliphatic heterocycles. The van der Waals surface area contributed by atoms with Gasteiger partial charge in [0.2, 0.25) is 6.17 Å². The molecule has 0 bridgehead atoms. The molecule has 0 aromatic rings. The molecular formula is C5H4F5. The molecular weight excluding hydrogens is 155 g/mol. The Morgan fingerprint density at radius 3 is 1.80 bits per heavy atom. The third-order valence-electron chi connectivity index (χ3n) is 1.36. The summed E-state index contributed by atoms with van der Waals surface area (Å²) in [5.41, 5.74) is 0. The SMILES string of the molecule is FC1C(F)(F)[CH]CC1(F)F. The number of halogens is 5. The average Bonchev–Trinajstić information content (AvgIpc) is 1.95. The molecule has 1 aliphatic rings. The lowest BCUT2D eigenvalue weighted by Crippen LogP contribution is -2.34. The van der Waals surface area contributed by atoms with Crippen LogP contribution >= 0.6 is 0 Å². The van der Waals surface area contributed by atoms with E-state index >= 15 is 0 Å². The molecule has 0 amide bonds. The molecule has 1 rings (SSSR count). The highest BCUT2D eigenvalue weighted by atomic mass is 19.3. The molecule has 1 aliphatic carbocycles. The van der Waals surface area contributed by atoms with Crippen LogP contribution < -0.4 is 0 Å². The highest BCUT2D eigenvalue weighted by molar-refractivity contribution is 5.07. The van der Waals surface area contributed by atoms with E-state index in [2.05, 4.69) is 0 Å². The van der Waals surface area contributed by atoms with Crippen molar-refractivity contribution in [3.8, 4) is 0 Å². The number of rotatable bonds is 0. The summed E-state index contributed by atoms with van der Waals surface area (Å²) in [6, 6.07) is 0. The molecule has 0 spiro atoms. The highest BCUT2D eigenvalue weighted by Crippen LogP contribution is 2.46. The first-order valence-corrected chi connectivity index (χ1v) is 2.60. The fourth-order valence-corrected chi connectivity index (χ4v) is 0.761. The molecule has 0 nitrogen and oxygen atoms in total. The van der Waals surface area contributed by atoms with Gasteiger partial charge in [-0.25, -0.2) is 22.0 Å². The van der Waals surface area contributed by atoms with E-state index in [0.717, 1.165) is 0 Å². The van der Waals surface area contributed by atoms with Gasteiger partial charge in [-0.1, -0.05) is 0 Å². The summed E-state index contributed by atoms with van der Waals surface area (Å²) in [6.07, 6.45) is -4.52. The molecule has 0 aromatic carbocycles. The van der Waals surface area contributed by atoms with E-state index < -0.39 is 24.4 Å². The second kappa shape index (κ2) is 1.83.